The Balaban J connectivity index is 1.67. The first-order chi connectivity index (χ1) is 13.1. The lowest BCUT2D eigenvalue weighted by molar-refractivity contribution is 0.0520. The third-order valence-electron chi connectivity index (χ3n) is 4.27. The Morgan fingerprint density at radius 3 is 2.96 bits per heavy atom. The van der Waals surface area contributed by atoms with E-state index in [1.807, 2.05) is 6.07 Å². The first kappa shape index (κ1) is 17.4. The average molecular weight is 389 g/mol. The zero-order chi connectivity index (χ0) is 19.0. The normalized spacial score (nSPS) is 15.9. The minimum Gasteiger partial charge on any atom is -0.495 e. The number of carbonyl (C=O) groups excluding carboxylic acids is 1. The monoisotopic (exact) mass is 389 g/mol. The fourth-order valence-corrected chi connectivity index (χ4v) is 3.82. The van der Waals surface area contributed by atoms with Crippen LogP contribution in [0, 0.1) is 0 Å². The number of methoxy groups -OCH3 is 1. The number of ether oxygens (including phenoxy) is 2. The van der Waals surface area contributed by atoms with E-state index >= 15 is 0 Å². The fourth-order valence-electron chi connectivity index (χ4n) is 3.06. The van der Waals surface area contributed by atoms with E-state index in [4.69, 9.17) is 9.47 Å². The van der Waals surface area contributed by atoms with Crippen LogP contribution in [0.4, 0.5) is 11.5 Å². The maximum Gasteiger partial charge on any atom is 0.354 e. The van der Waals surface area contributed by atoms with E-state index in [-0.39, 0.29) is 11.0 Å². The second-order valence-corrected chi connectivity index (χ2v) is 6.95. The zero-order valence-electron chi connectivity index (χ0n) is 14.8. The van der Waals surface area contributed by atoms with E-state index in [1.54, 1.807) is 26.2 Å². The molecule has 0 aliphatic carbocycles. The molecular weight excluding hydrogens is 370 g/mol. The maximum absolute atomic E-state index is 12.0. The van der Waals surface area contributed by atoms with Gasteiger partial charge < -0.3 is 30.1 Å². The molecule has 1 aliphatic heterocycles. The first-order valence-corrected chi connectivity index (χ1v) is 9.25. The van der Waals surface area contributed by atoms with Gasteiger partial charge >= 0.3 is 10.8 Å². The summed E-state index contributed by atoms with van der Waals surface area (Å²) in [6.45, 7) is 2.59. The molecule has 4 rings (SSSR count). The van der Waals surface area contributed by atoms with Crippen LogP contribution in [0.5, 0.6) is 5.75 Å². The molecule has 3 aromatic rings. The first-order valence-electron chi connectivity index (χ1n) is 8.43. The standard InChI is InChI=1S/C17H19N5O4S/c1-3-26-16(23)11-4-8-14(18-7-19-15(8)21-11)20-9-6-13-10(5-12(9)25-2)22-17(24)27-13/h4-6,14,18-21H,3,7H2,1-2H3,(H,22,24). The molecule has 27 heavy (non-hydrogen) atoms. The second-order valence-electron chi connectivity index (χ2n) is 5.93. The van der Waals surface area contributed by atoms with Gasteiger partial charge in [-0.25, -0.2) is 4.79 Å². The van der Waals surface area contributed by atoms with Gasteiger partial charge in [0, 0.05) is 11.6 Å². The number of H-pyrrole nitrogens is 2. The minimum absolute atomic E-state index is 0.115. The molecule has 9 nitrogen and oxygen atoms in total. The van der Waals surface area contributed by atoms with Gasteiger partial charge in [0.15, 0.2) is 0 Å². The fraction of sp³-hybridized carbons (Fsp3) is 0.294. The molecule has 0 saturated heterocycles. The molecule has 1 atom stereocenters. The Labute approximate surface area is 158 Å². The molecule has 3 heterocycles. The van der Waals surface area contributed by atoms with Gasteiger partial charge in [-0.05, 0) is 19.1 Å². The number of nitrogens with one attached hydrogen (secondary N) is 5. The number of hydrogen-bond acceptors (Lipinski definition) is 8. The molecule has 0 saturated carbocycles. The summed E-state index contributed by atoms with van der Waals surface area (Å²) in [5.74, 6) is 0.962. The van der Waals surface area contributed by atoms with Crippen molar-refractivity contribution in [2.45, 2.75) is 13.1 Å². The van der Waals surface area contributed by atoms with E-state index in [0.29, 0.717) is 24.7 Å². The summed E-state index contributed by atoms with van der Waals surface area (Å²) in [6, 6.07) is 5.42. The number of anilines is 2. The van der Waals surface area contributed by atoms with Gasteiger partial charge in [0.2, 0.25) is 0 Å². The van der Waals surface area contributed by atoms with Crippen LogP contribution in [0.2, 0.25) is 0 Å². The van der Waals surface area contributed by atoms with E-state index in [0.717, 1.165) is 38.6 Å². The van der Waals surface area contributed by atoms with Crippen molar-refractivity contribution in [3.05, 3.63) is 39.1 Å². The quantitative estimate of drug-likeness (QED) is 0.424. The Morgan fingerprint density at radius 2 is 2.19 bits per heavy atom. The number of thiazole rings is 1. The second kappa shape index (κ2) is 6.97. The summed E-state index contributed by atoms with van der Waals surface area (Å²) in [7, 11) is 1.58. The van der Waals surface area contributed by atoms with Crippen LogP contribution in [-0.4, -0.2) is 36.3 Å². The lowest BCUT2D eigenvalue weighted by Gasteiger charge is -2.27. The van der Waals surface area contributed by atoms with Gasteiger partial charge in [0.05, 0.1) is 36.3 Å². The van der Waals surface area contributed by atoms with Gasteiger partial charge in [-0.2, -0.15) is 0 Å². The summed E-state index contributed by atoms with van der Waals surface area (Å²) >= 11 is 1.14. The van der Waals surface area contributed by atoms with E-state index in [1.165, 1.54) is 0 Å². The zero-order valence-corrected chi connectivity index (χ0v) is 15.6. The van der Waals surface area contributed by atoms with Crippen LogP contribution >= 0.6 is 11.3 Å². The molecule has 142 valence electrons. The summed E-state index contributed by atoms with van der Waals surface area (Å²) in [5, 5.41) is 9.85. The van der Waals surface area contributed by atoms with E-state index < -0.39 is 5.97 Å². The Bertz CT molecular complexity index is 1050. The third kappa shape index (κ3) is 3.24. The number of carbonyl (C=O) groups is 1. The summed E-state index contributed by atoms with van der Waals surface area (Å²) < 4.78 is 11.4. The van der Waals surface area contributed by atoms with Crippen LogP contribution in [0.3, 0.4) is 0 Å². The van der Waals surface area contributed by atoms with E-state index in [2.05, 4.69) is 25.9 Å². The van der Waals surface area contributed by atoms with Crippen molar-refractivity contribution in [2.75, 3.05) is 31.0 Å². The van der Waals surface area contributed by atoms with Crippen LogP contribution in [0.15, 0.2) is 23.0 Å². The molecule has 10 heteroatoms. The highest BCUT2D eigenvalue weighted by Gasteiger charge is 2.25. The van der Waals surface area contributed by atoms with Crippen molar-refractivity contribution in [3.63, 3.8) is 0 Å². The third-order valence-corrected chi connectivity index (χ3v) is 5.11. The molecule has 1 unspecified atom stereocenters. The number of fused-ring (bicyclic) bond motifs is 2. The molecule has 0 fully saturated rings. The van der Waals surface area contributed by atoms with Crippen molar-refractivity contribution in [3.8, 4) is 5.75 Å². The number of aromatic nitrogens is 2. The number of aromatic amines is 2. The van der Waals surface area contributed by atoms with Crippen LogP contribution in [-0.2, 0) is 4.74 Å². The number of benzene rings is 1. The highest BCUT2D eigenvalue weighted by molar-refractivity contribution is 7.16. The number of esters is 1. The highest BCUT2D eigenvalue weighted by Crippen LogP contribution is 2.35. The average Bonchev–Trinajstić information content (AvgIpc) is 3.24. The van der Waals surface area contributed by atoms with Crippen molar-refractivity contribution in [1.82, 2.24) is 15.3 Å². The molecule has 0 bridgehead atoms. The summed E-state index contributed by atoms with van der Waals surface area (Å²) in [6.07, 6.45) is -0.261. The topological polar surface area (TPSA) is 120 Å². The predicted molar refractivity (Wildman–Crippen MR) is 104 cm³/mol. The molecule has 0 spiro atoms. The van der Waals surface area contributed by atoms with Crippen LogP contribution in [0.25, 0.3) is 10.2 Å². The lowest BCUT2D eigenvalue weighted by Crippen LogP contribution is -2.36. The predicted octanol–water partition coefficient (Wildman–Crippen LogP) is 2.19. The minimum atomic E-state index is -0.399. The summed E-state index contributed by atoms with van der Waals surface area (Å²) in [5.41, 5.74) is 2.71. The molecule has 0 radical (unpaired) electrons. The largest absolute Gasteiger partial charge is 0.495 e. The Kier molecular flexibility index (Phi) is 4.50. The molecule has 1 aliphatic rings. The van der Waals surface area contributed by atoms with Crippen LogP contribution in [0.1, 0.15) is 29.1 Å². The van der Waals surface area contributed by atoms with Crippen molar-refractivity contribution in [1.29, 1.82) is 0 Å². The molecule has 0 amide bonds. The lowest BCUT2D eigenvalue weighted by atomic mass is 10.1. The smallest absolute Gasteiger partial charge is 0.354 e. The molecule has 5 N–H and O–H groups in total. The Morgan fingerprint density at radius 1 is 1.33 bits per heavy atom. The molecule has 2 aromatic heterocycles. The summed E-state index contributed by atoms with van der Waals surface area (Å²) in [4.78, 5) is 29.3. The van der Waals surface area contributed by atoms with Gasteiger partial charge in [0.25, 0.3) is 0 Å². The van der Waals surface area contributed by atoms with Gasteiger partial charge in [0.1, 0.15) is 23.4 Å². The Hall–Kier alpha value is -2.98. The van der Waals surface area contributed by atoms with Crippen molar-refractivity contribution < 1.29 is 14.3 Å². The van der Waals surface area contributed by atoms with Gasteiger partial charge in [-0.1, -0.05) is 11.3 Å². The van der Waals surface area contributed by atoms with Crippen molar-refractivity contribution >= 4 is 39.0 Å². The molecule has 1 aromatic carbocycles. The number of hydrogen-bond donors (Lipinski definition) is 5. The van der Waals surface area contributed by atoms with Gasteiger partial charge in [-0.15, -0.1) is 0 Å². The molecular formula is C17H19N5O4S. The van der Waals surface area contributed by atoms with E-state index in [9.17, 15) is 9.59 Å². The highest BCUT2D eigenvalue weighted by atomic mass is 32.1. The van der Waals surface area contributed by atoms with Gasteiger partial charge in [-0.3, -0.25) is 10.1 Å². The maximum atomic E-state index is 12.0. The SMILES string of the molecule is CCOC(=O)c1cc2c([nH]1)NCNC2Nc1cc2sc(=O)[nH]c2cc1OC. The number of rotatable bonds is 5. The van der Waals surface area contributed by atoms with Crippen molar-refractivity contribution in [2.24, 2.45) is 0 Å². The van der Waals surface area contributed by atoms with Crippen LogP contribution < -0.4 is 25.6 Å².